The quantitative estimate of drug-likeness (QED) is 0.873. The molecule has 22 heavy (non-hydrogen) atoms. The molecule has 3 nitrogen and oxygen atoms in total. The zero-order valence-electron chi connectivity index (χ0n) is 12.1. The average Bonchev–Trinajstić information content (AvgIpc) is 2.45. The molecule has 0 aromatic heterocycles. The lowest BCUT2D eigenvalue weighted by Crippen LogP contribution is -2.34. The summed E-state index contributed by atoms with van der Waals surface area (Å²) in [5, 5.41) is 10.4. The van der Waals surface area contributed by atoms with E-state index < -0.39 is 18.5 Å². The van der Waals surface area contributed by atoms with E-state index in [0.717, 1.165) is 32.1 Å². The number of hydrogen-bond acceptors (Lipinski definition) is 3. The number of nitrogens with two attached hydrogens (primary N) is 1. The SMILES string of the molecule is Cl.N[C@@H](c1ccccc1OC(F)(F)F)[C@H](O)C1CCCCC1. The molecule has 3 N–H and O–H groups in total. The number of ether oxygens (including phenoxy) is 1. The molecule has 0 saturated heterocycles. The molecule has 0 aliphatic heterocycles. The van der Waals surface area contributed by atoms with Gasteiger partial charge >= 0.3 is 6.36 Å². The first-order valence-corrected chi connectivity index (χ1v) is 7.17. The molecule has 1 saturated carbocycles. The van der Waals surface area contributed by atoms with Gasteiger partial charge in [0.05, 0.1) is 12.1 Å². The second-order valence-electron chi connectivity index (χ2n) is 5.50. The van der Waals surface area contributed by atoms with E-state index in [4.69, 9.17) is 5.73 Å². The Morgan fingerprint density at radius 3 is 2.32 bits per heavy atom. The second-order valence-corrected chi connectivity index (χ2v) is 5.50. The maximum atomic E-state index is 12.4. The van der Waals surface area contributed by atoms with Gasteiger partial charge in [0.2, 0.25) is 0 Å². The number of benzene rings is 1. The fourth-order valence-electron chi connectivity index (χ4n) is 2.93. The van der Waals surface area contributed by atoms with Crippen molar-refractivity contribution in [3.05, 3.63) is 29.8 Å². The Morgan fingerprint density at radius 1 is 1.14 bits per heavy atom. The number of halogens is 4. The van der Waals surface area contributed by atoms with Crippen LogP contribution < -0.4 is 10.5 Å². The molecule has 2 rings (SSSR count). The van der Waals surface area contributed by atoms with Crippen LogP contribution in [0.25, 0.3) is 0 Å². The minimum atomic E-state index is -4.77. The third-order valence-corrected chi connectivity index (χ3v) is 4.00. The van der Waals surface area contributed by atoms with Crippen LogP contribution >= 0.6 is 12.4 Å². The Morgan fingerprint density at radius 2 is 1.73 bits per heavy atom. The van der Waals surface area contributed by atoms with Crippen LogP contribution in [0.15, 0.2) is 24.3 Å². The summed E-state index contributed by atoms with van der Waals surface area (Å²) in [6.07, 6.45) is -0.737. The van der Waals surface area contributed by atoms with E-state index in [2.05, 4.69) is 4.74 Å². The van der Waals surface area contributed by atoms with Crippen molar-refractivity contribution < 1.29 is 23.0 Å². The van der Waals surface area contributed by atoms with Crippen LogP contribution in [0.1, 0.15) is 43.7 Å². The highest BCUT2D eigenvalue weighted by Crippen LogP contribution is 2.35. The molecule has 0 radical (unpaired) electrons. The summed E-state index contributed by atoms with van der Waals surface area (Å²) in [6.45, 7) is 0. The Labute approximate surface area is 134 Å². The van der Waals surface area contributed by atoms with Gasteiger partial charge in [0.15, 0.2) is 0 Å². The molecule has 2 atom stereocenters. The molecular formula is C15H21ClF3NO2. The Balaban J connectivity index is 0.00000242. The van der Waals surface area contributed by atoms with Crippen LogP contribution in [0.5, 0.6) is 5.75 Å². The van der Waals surface area contributed by atoms with Crippen molar-refractivity contribution in [3.8, 4) is 5.75 Å². The van der Waals surface area contributed by atoms with Gasteiger partial charge in [-0.3, -0.25) is 0 Å². The summed E-state index contributed by atoms with van der Waals surface area (Å²) >= 11 is 0. The normalized spacial score (nSPS) is 19.1. The van der Waals surface area contributed by atoms with Gasteiger partial charge in [-0.15, -0.1) is 25.6 Å². The molecule has 0 unspecified atom stereocenters. The van der Waals surface area contributed by atoms with Crippen molar-refractivity contribution in [3.63, 3.8) is 0 Å². The summed E-state index contributed by atoms with van der Waals surface area (Å²) in [6, 6.07) is 4.84. The predicted octanol–water partition coefficient (Wildman–Crippen LogP) is 3.95. The van der Waals surface area contributed by atoms with Crippen LogP contribution in [-0.2, 0) is 0 Å². The molecule has 0 bridgehead atoms. The highest BCUT2D eigenvalue weighted by atomic mass is 35.5. The van der Waals surface area contributed by atoms with Crippen molar-refractivity contribution in [2.24, 2.45) is 11.7 Å². The third-order valence-electron chi connectivity index (χ3n) is 4.00. The lowest BCUT2D eigenvalue weighted by Gasteiger charge is -2.31. The number of rotatable bonds is 4. The van der Waals surface area contributed by atoms with Gasteiger partial charge in [-0.25, -0.2) is 0 Å². The fraction of sp³-hybridized carbons (Fsp3) is 0.600. The Kier molecular flexibility index (Phi) is 6.97. The first-order valence-electron chi connectivity index (χ1n) is 7.17. The van der Waals surface area contributed by atoms with Crippen molar-refractivity contribution in [1.29, 1.82) is 0 Å². The van der Waals surface area contributed by atoms with Crippen LogP contribution in [0.3, 0.4) is 0 Å². The zero-order valence-corrected chi connectivity index (χ0v) is 12.9. The molecule has 1 aliphatic carbocycles. The van der Waals surface area contributed by atoms with Gasteiger partial charge in [-0.1, -0.05) is 37.5 Å². The predicted molar refractivity (Wildman–Crippen MR) is 79.9 cm³/mol. The first-order chi connectivity index (χ1) is 9.88. The molecule has 0 heterocycles. The molecule has 0 spiro atoms. The molecule has 126 valence electrons. The Hall–Kier alpha value is -0.980. The Bertz CT molecular complexity index is 464. The number of aliphatic hydroxyl groups is 1. The van der Waals surface area contributed by atoms with E-state index in [-0.39, 0.29) is 29.6 Å². The van der Waals surface area contributed by atoms with Crippen LogP contribution in [0.2, 0.25) is 0 Å². The largest absolute Gasteiger partial charge is 0.573 e. The summed E-state index contributed by atoms with van der Waals surface area (Å²) < 4.78 is 41.2. The maximum absolute atomic E-state index is 12.4. The molecule has 0 amide bonds. The molecular weight excluding hydrogens is 319 g/mol. The summed E-state index contributed by atoms with van der Waals surface area (Å²) in [5.41, 5.74) is 6.18. The third kappa shape index (κ3) is 5.04. The minimum Gasteiger partial charge on any atom is -0.405 e. The molecule has 1 aliphatic rings. The number of alkyl halides is 3. The van der Waals surface area contributed by atoms with Crippen molar-refractivity contribution >= 4 is 12.4 Å². The van der Waals surface area contributed by atoms with E-state index in [0.29, 0.717) is 0 Å². The molecule has 1 aromatic rings. The smallest absolute Gasteiger partial charge is 0.405 e. The lowest BCUT2D eigenvalue weighted by atomic mass is 9.81. The highest BCUT2D eigenvalue weighted by molar-refractivity contribution is 5.85. The lowest BCUT2D eigenvalue weighted by molar-refractivity contribution is -0.275. The van der Waals surface area contributed by atoms with Crippen molar-refractivity contribution in [2.45, 2.75) is 50.6 Å². The fourth-order valence-corrected chi connectivity index (χ4v) is 2.93. The highest BCUT2D eigenvalue weighted by Gasteiger charge is 2.34. The summed E-state index contributed by atoms with van der Waals surface area (Å²) in [7, 11) is 0. The van der Waals surface area contributed by atoms with Gasteiger partial charge in [-0.2, -0.15) is 0 Å². The number of hydrogen-bond donors (Lipinski definition) is 2. The summed E-state index contributed by atoms with van der Waals surface area (Å²) in [4.78, 5) is 0. The zero-order chi connectivity index (χ0) is 15.5. The van der Waals surface area contributed by atoms with Gasteiger partial charge in [-0.05, 0) is 24.8 Å². The van der Waals surface area contributed by atoms with E-state index in [9.17, 15) is 18.3 Å². The van der Waals surface area contributed by atoms with E-state index >= 15 is 0 Å². The van der Waals surface area contributed by atoms with E-state index in [1.807, 2.05) is 0 Å². The average molecular weight is 340 g/mol. The maximum Gasteiger partial charge on any atom is 0.573 e. The molecule has 7 heteroatoms. The number of para-hydroxylation sites is 1. The molecule has 1 fully saturated rings. The van der Waals surface area contributed by atoms with Gasteiger partial charge in [0.1, 0.15) is 5.75 Å². The van der Waals surface area contributed by atoms with Gasteiger partial charge < -0.3 is 15.6 Å². The topological polar surface area (TPSA) is 55.5 Å². The monoisotopic (exact) mass is 339 g/mol. The first kappa shape index (κ1) is 19.1. The van der Waals surface area contributed by atoms with E-state index in [1.54, 1.807) is 6.07 Å². The van der Waals surface area contributed by atoms with Gasteiger partial charge in [0.25, 0.3) is 0 Å². The van der Waals surface area contributed by atoms with Crippen LogP contribution in [0, 0.1) is 5.92 Å². The van der Waals surface area contributed by atoms with Crippen LogP contribution in [-0.4, -0.2) is 17.6 Å². The summed E-state index contributed by atoms with van der Waals surface area (Å²) in [5.74, 6) is -0.306. The minimum absolute atomic E-state index is 0. The van der Waals surface area contributed by atoms with E-state index in [1.165, 1.54) is 18.2 Å². The molecule has 1 aromatic carbocycles. The van der Waals surface area contributed by atoms with Gasteiger partial charge in [0, 0.05) is 5.56 Å². The van der Waals surface area contributed by atoms with Crippen molar-refractivity contribution in [1.82, 2.24) is 0 Å². The standard InChI is InChI=1S/C15H20F3NO2.ClH/c16-15(17,18)21-12-9-5-4-8-11(12)13(19)14(20)10-6-2-1-3-7-10;/h4-5,8-10,13-14,20H,1-3,6-7,19H2;1H/t13-,14+;/m0./s1. The van der Waals surface area contributed by atoms with Crippen LogP contribution in [0.4, 0.5) is 13.2 Å². The van der Waals surface area contributed by atoms with Crippen molar-refractivity contribution in [2.75, 3.05) is 0 Å². The number of aliphatic hydroxyl groups excluding tert-OH is 1. The second kappa shape index (κ2) is 8.04.